The van der Waals surface area contributed by atoms with Crippen LogP contribution in [-0.4, -0.2) is 16.3 Å². The van der Waals surface area contributed by atoms with E-state index < -0.39 is 0 Å². The minimum absolute atomic E-state index is 0.412. The molecule has 3 heterocycles. The van der Waals surface area contributed by atoms with Gasteiger partial charge in [-0.25, -0.2) is 9.98 Å². The molecule has 0 aromatic carbocycles. The van der Waals surface area contributed by atoms with E-state index in [1.807, 2.05) is 13.1 Å². The van der Waals surface area contributed by atoms with Gasteiger partial charge in [0.15, 0.2) is 5.82 Å². The summed E-state index contributed by atoms with van der Waals surface area (Å²) in [7, 11) is 0. The van der Waals surface area contributed by atoms with E-state index in [2.05, 4.69) is 58.6 Å². The lowest BCUT2D eigenvalue weighted by Crippen LogP contribution is -1.97. The zero-order valence-electron chi connectivity index (χ0n) is 14.5. The number of hydrogen-bond acceptors (Lipinski definition) is 3. The first-order valence-electron chi connectivity index (χ1n) is 7.88. The number of nitrogens with zero attached hydrogens (tertiary/aromatic N) is 2. The summed E-state index contributed by atoms with van der Waals surface area (Å²) in [5, 5.41) is 1.33. The molecule has 0 unspecified atom stereocenters. The molecule has 0 atom stereocenters. The van der Waals surface area contributed by atoms with Crippen LogP contribution >= 0.6 is 27.3 Å². The van der Waals surface area contributed by atoms with Crippen LogP contribution < -0.4 is 5.73 Å². The van der Waals surface area contributed by atoms with E-state index in [1.165, 1.54) is 42.7 Å². The zero-order chi connectivity index (χ0) is 17.6. The third kappa shape index (κ3) is 2.58. The SMILES string of the molecule is Cc1c(-c2[nH]c3sc(Br)c(C)c3c2C(C)C)cnc(N=CN)c1C. The summed E-state index contributed by atoms with van der Waals surface area (Å²) in [5.74, 6) is 1.09. The van der Waals surface area contributed by atoms with Crippen LogP contribution in [0.3, 0.4) is 0 Å². The summed E-state index contributed by atoms with van der Waals surface area (Å²) >= 11 is 5.41. The van der Waals surface area contributed by atoms with Crippen molar-refractivity contribution in [3.05, 3.63) is 32.2 Å². The number of fused-ring (bicyclic) bond motifs is 1. The van der Waals surface area contributed by atoms with Crippen molar-refractivity contribution < 1.29 is 0 Å². The van der Waals surface area contributed by atoms with Gasteiger partial charge in [-0.3, -0.25) is 0 Å². The number of aromatic nitrogens is 2. The number of pyridine rings is 1. The zero-order valence-corrected chi connectivity index (χ0v) is 16.9. The van der Waals surface area contributed by atoms with Crippen molar-refractivity contribution in [3.8, 4) is 11.3 Å². The fraction of sp³-hybridized carbons (Fsp3) is 0.333. The van der Waals surface area contributed by atoms with Crippen molar-refractivity contribution in [2.45, 2.75) is 40.5 Å². The number of aliphatic imine (C=N–C) groups is 1. The molecule has 3 rings (SSSR count). The Morgan fingerprint density at radius 2 is 1.96 bits per heavy atom. The van der Waals surface area contributed by atoms with Crippen LogP contribution in [0.15, 0.2) is 15.0 Å². The van der Waals surface area contributed by atoms with Gasteiger partial charge in [-0.1, -0.05) is 13.8 Å². The fourth-order valence-corrected chi connectivity index (χ4v) is 4.77. The number of aromatic amines is 1. The van der Waals surface area contributed by atoms with Gasteiger partial charge in [0.25, 0.3) is 0 Å². The molecule has 126 valence electrons. The summed E-state index contributed by atoms with van der Waals surface area (Å²) in [6.45, 7) is 10.8. The summed E-state index contributed by atoms with van der Waals surface area (Å²) in [6.07, 6.45) is 3.19. The summed E-state index contributed by atoms with van der Waals surface area (Å²) in [6, 6.07) is 0. The average Bonchev–Trinajstić information content (AvgIpc) is 3.02. The van der Waals surface area contributed by atoms with Gasteiger partial charge in [-0.15, -0.1) is 11.3 Å². The lowest BCUT2D eigenvalue weighted by atomic mass is 9.93. The van der Waals surface area contributed by atoms with Gasteiger partial charge in [-0.2, -0.15) is 0 Å². The summed E-state index contributed by atoms with van der Waals surface area (Å²) in [4.78, 5) is 13.5. The third-order valence-corrected chi connectivity index (χ3v) is 6.60. The van der Waals surface area contributed by atoms with E-state index in [4.69, 9.17) is 5.73 Å². The highest BCUT2D eigenvalue weighted by Gasteiger charge is 2.22. The monoisotopic (exact) mass is 404 g/mol. The second-order valence-electron chi connectivity index (χ2n) is 6.30. The standard InChI is InChI=1S/C18H21BrN4S/c1-8(2)13-14-11(5)16(19)24-18(14)23-15(13)12-6-21-17(22-7-20)10(4)9(12)3/h6-8,23H,1-5H3,(H2,20,21,22). The van der Waals surface area contributed by atoms with Gasteiger partial charge in [0.2, 0.25) is 0 Å². The van der Waals surface area contributed by atoms with Gasteiger partial charge >= 0.3 is 0 Å². The fourth-order valence-electron chi connectivity index (χ4n) is 3.14. The van der Waals surface area contributed by atoms with Crippen LogP contribution in [0, 0.1) is 20.8 Å². The topological polar surface area (TPSA) is 67.1 Å². The maximum Gasteiger partial charge on any atom is 0.156 e. The maximum absolute atomic E-state index is 5.42. The molecule has 4 nitrogen and oxygen atoms in total. The number of rotatable bonds is 3. The van der Waals surface area contributed by atoms with Gasteiger partial charge in [0, 0.05) is 17.1 Å². The molecule has 0 bridgehead atoms. The number of aryl methyl sites for hydroxylation is 1. The van der Waals surface area contributed by atoms with Crippen LogP contribution in [0.5, 0.6) is 0 Å². The van der Waals surface area contributed by atoms with Crippen molar-refractivity contribution in [1.29, 1.82) is 0 Å². The van der Waals surface area contributed by atoms with Crippen LogP contribution in [-0.2, 0) is 0 Å². The molecule has 3 aromatic heterocycles. The molecular formula is C18H21BrN4S. The van der Waals surface area contributed by atoms with Crippen molar-refractivity contribution in [3.63, 3.8) is 0 Å². The number of nitrogens with one attached hydrogen (secondary N) is 1. The number of hydrogen-bond donors (Lipinski definition) is 2. The van der Waals surface area contributed by atoms with Gasteiger partial charge in [0.1, 0.15) is 4.83 Å². The van der Waals surface area contributed by atoms with E-state index in [0.717, 1.165) is 11.1 Å². The van der Waals surface area contributed by atoms with Crippen LogP contribution in [0.25, 0.3) is 21.5 Å². The normalized spacial score (nSPS) is 12.1. The Morgan fingerprint density at radius 1 is 1.25 bits per heavy atom. The minimum Gasteiger partial charge on any atom is -0.390 e. The summed E-state index contributed by atoms with van der Waals surface area (Å²) < 4.78 is 1.19. The molecule has 0 spiro atoms. The second-order valence-corrected chi connectivity index (χ2v) is 8.64. The molecule has 0 saturated carbocycles. The number of nitrogens with two attached hydrogens (primary N) is 1. The van der Waals surface area contributed by atoms with E-state index in [0.29, 0.717) is 11.7 Å². The largest absolute Gasteiger partial charge is 0.390 e. The van der Waals surface area contributed by atoms with Crippen molar-refractivity contribution in [2.75, 3.05) is 0 Å². The highest BCUT2D eigenvalue weighted by Crippen LogP contribution is 2.44. The Balaban J connectivity index is 2.31. The predicted octanol–water partition coefficient (Wildman–Crippen LogP) is 5.72. The van der Waals surface area contributed by atoms with Crippen LogP contribution in [0.1, 0.15) is 42.0 Å². The first-order chi connectivity index (χ1) is 11.4. The average molecular weight is 405 g/mol. The smallest absolute Gasteiger partial charge is 0.156 e. The molecule has 0 aliphatic carbocycles. The Morgan fingerprint density at radius 3 is 2.58 bits per heavy atom. The second kappa shape index (κ2) is 6.33. The highest BCUT2D eigenvalue weighted by molar-refractivity contribution is 9.11. The molecule has 0 amide bonds. The number of H-pyrrole nitrogens is 1. The van der Waals surface area contributed by atoms with E-state index in [-0.39, 0.29) is 0 Å². The minimum atomic E-state index is 0.412. The molecule has 0 radical (unpaired) electrons. The van der Waals surface area contributed by atoms with Crippen molar-refractivity contribution >= 4 is 49.6 Å². The lowest BCUT2D eigenvalue weighted by Gasteiger charge is -2.13. The molecule has 0 fully saturated rings. The van der Waals surface area contributed by atoms with Gasteiger partial charge in [-0.05, 0) is 64.9 Å². The lowest BCUT2D eigenvalue weighted by molar-refractivity contribution is 0.877. The Bertz CT molecular complexity index is 950. The van der Waals surface area contributed by atoms with E-state index >= 15 is 0 Å². The molecule has 0 aliphatic heterocycles. The molecular weight excluding hydrogens is 384 g/mol. The molecule has 0 aliphatic rings. The van der Waals surface area contributed by atoms with Crippen LogP contribution in [0.2, 0.25) is 0 Å². The Kier molecular flexibility index (Phi) is 4.53. The van der Waals surface area contributed by atoms with E-state index in [1.54, 1.807) is 11.3 Å². The first-order valence-corrected chi connectivity index (χ1v) is 9.49. The maximum atomic E-state index is 5.42. The third-order valence-electron chi connectivity index (χ3n) is 4.53. The van der Waals surface area contributed by atoms with Gasteiger partial charge in [0.05, 0.1) is 15.8 Å². The Hall–Kier alpha value is -1.66. The first kappa shape index (κ1) is 17.2. The molecule has 0 saturated heterocycles. The number of thiophene rings is 1. The molecule has 6 heteroatoms. The van der Waals surface area contributed by atoms with E-state index in [9.17, 15) is 0 Å². The van der Waals surface area contributed by atoms with Crippen molar-refractivity contribution in [2.24, 2.45) is 10.7 Å². The van der Waals surface area contributed by atoms with Crippen LogP contribution in [0.4, 0.5) is 5.82 Å². The predicted molar refractivity (Wildman–Crippen MR) is 108 cm³/mol. The highest BCUT2D eigenvalue weighted by atomic mass is 79.9. The summed E-state index contributed by atoms with van der Waals surface area (Å²) in [5.41, 5.74) is 12.6. The number of halogens is 1. The van der Waals surface area contributed by atoms with Crippen molar-refractivity contribution in [1.82, 2.24) is 9.97 Å². The van der Waals surface area contributed by atoms with Gasteiger partial charge < -0.3 is 10.7 Å². The Labute approximate surface area is 154 Å². The molecule has 24 heavy (non-hydrogen) atoms. The quantitative estimate of drug-likeness (QED) is 0.432. The molecule has 3 N–H and O–H groups in total. The molecule has 3 aromatic rings.